The molecule has 2 amide bonds. The van der Waals surface area contributed by atoms with Crippen LogP contribution in [0, 0.1) is 17.5 Å². The predicted octanol–water partition coefficient (Wildman–Crippen LogP) is 5.86. The van der Waals surface area contributed by atoms with Crippen LogP contribution >= 0.6 is 0 Å². The second-order valence-corrected chi connectivity index (χ2v) is 13.8. The number of aryl methyl sites for hydroxylation is 1. The molecule has 2 fully saturated rings. The van der Waals surface area contributed by atoms with Crippen molar-refractivity contribution in [1.29, 1.82) is 0 Å². The van der Waals surface area contributed by atoms with Crippen molar-refractivity contribution in [2.24, 2.45) is 0 Å². The molecule has 1 N–H and O–H groups in total. The molecule has 13 heteroatoms. The summed E-state index contributed by atoms with van der Waals surface area (Å²) in [7, 11) is 2.92. The molecule has 0 unspecified atom stereocenters. The Bertz CT molecular complexity index is 1850. The Balaban J connectivity index is 1.19. The Hall–Kier alpha value is -5.04. The summed E-state index contributed by atoms with van der Waals surface area (Å²) in [5.41, 5.74) is 3.42. The summed E-state index contributed by atoms with van der Waals surface area (Å²) in [5.74, 6) is -3.38. The standard InChI is InChI=1S/C41H46F3N3O7/c1-51-30-7-3-8-31(23-30)53-21-19-47(29-15-16-29)41(50)38-32(22-28-24-46(25-35(38)45-28)36(48)9-4-10-37(49)52-2)27-13-11-26(12-14-27)6-5-20-54-40-34(43)18-17-33(42)39(40)44/h3,7-8,11-14,17-18,23,28-29,35,45H,4-6,9-10,15-16,19-22,24-25H2,1-2H3/t28-,35-/m1/s1. The highest BCUT2D eigenvalue weighted by Crippen LogP contribution is 2.37. The van der Waals surface area contributed by atoms with E-state index in [0.717, 1.165) is 41.7 Å². The Morgan fingerprint density at radius 3 is 2.37 bits per heavy atom. The molecule has 54 heavy (non-hydrogen) atoms. The summed E-state index contributed by atoms with van der Waals surface area (Å²) in [5, 5.41) is 3.62. The van der Waals surface area contributed by atoms with Crippen LogP contribution in [-0.4, -0.2) is 92.8 Å². The van der Waals surface area contributed by atoms with Gasteiger partial charge in [0.1, 0.15) is 18.1 Å². The van der Waals surface area contributed by atoms with Crippen LogP contribution in [0.3, 0.4) is 0 Å². The summed E-state index contributed by atoms with van der Waals surface area (Å²) in [4.78, 5) is 43.4. The highest BCUT2D eigenvalue weighted by molar-refractivity contribution is 6.03. The number of piperazine rings is 1. The lowest BCUT2D eigenvalue weighted by Gasteiger charge is -2.45. The topological polar surface area (TPSA) is 107 Å². The molecule has 6 rings (SSSR count). The van der Waals surface area contributed by atoms with Crippen molar-refractivity contribution in [1.82, 2.24) is 15.1 Å². The zero-order chi connectivity index (χ0) is 38.2. The Morgan fingerprint density at radius 1 is 0.870 bits per heavy atom. The van der Waals surface area contributed by atoms with Crippen LogP contribution < -0.4 is 19.5 Å². The average Bonchev–Trinajstić information content (AvgIpc) is 4.03. The fourth-order valence-corrected chi connectivity index (χ4v) is 7.12. The minimum Gasteiger partial charge on any atom is -0.497 e. The number of esters is 1. The van der Waals surface area contributed by atoms with Gasteiger partial charge >= 0.3 is 5.97 Å². The van der Waals surface area contributed by atoms with Crippen molar-refractivity contribution >= 4 is 23.4 Å². The Kier molecular flexibility index (Phi) is 12.8. The smallest absolute Gasteiger partial charge is 0.305 e. The van der Waals surface area contributed by atoms with Crippen LogP contribution in [0.5, 0.6) is 17.2 Å². The molecule has 1 saturated heterocycles. The van der Waals surface area contributed by atoms with E-state index in [-0.39, 0.29) is 49.3 Å². The lowest BCUT2D eigenvalue weighted by Crippen LogP contribution is -2.62. The van der Waals surface area contributed by atoms with Gasteiger partial charge in [-0.3, -0.25) is 14.4 Å². The van der Waals surface area contributed by atoms with Crippen LogP contribution in [0.15, 0.2) is 66.2 Å². The van der Waals surface area contributed by atoms with Crippen molar-refractivity contribution in [3.8, 4) is 17.2 Å². The Labute approximate surface area is 313 Å². The largest absolute Gasteiger partial charge is 0.497 e. The zero-order valence-corrected chi connectivity index (χ0v) is 30.6. The number of hydrogen-bond donors (Lipinski definition) is 1. The van der Waals surface area contributed by atoms with Gasteiger partial charge < -0.3 is 34.1 Å². The molecule has 3 aromatic carbocycles. The number of fused-ring (bicyclic) bond motifs is 2. The van der Waals surface area contributed by atoms with Gasteiger partial charge in [-0.25, -0.2) is 8.78 Å². The maximum Gasteiger partial charge on any atom is 0.305 e. The molecule has 1 saturated carbocycles. The lowest BCUT2D eigenvalue weighted by molar-refractivity contribution is -0.141. The molecule has 1 aliphatic carbocycles. The number of methoxy groups -OCH3 is 2. The van der Waals surface area contributed by atoms with E-state index in [1.165, 1.54) is 7.11 Å². The molecule has 0 spiro atoms. The molecular formula is C41H46F3N3O7. The van der Waals surface area contributed by atoms with Crippen LogP contribution in [0.25, 0.3) is 5.57 Å². The SMILES string of the molecule is COC(=O)CCCC(=O)N1C[C@H]2CC(c3ccc(CCCOc4c(F)ccc(F)c4F)cc3)=C(C(=O)N(CCOc3cccc(OC)c3)C3CC3)[C@@H](C1)N2. The van der Waals surface area contributed by atoms with Crippen molar-refractivity contribution in [3.05, 3.63) is 94.8 Å². The minimum absolute atomic E-state index is 0.00564. The number of nitrogens with one attached hydrogen (secondary N) is 1. The van der Waals surface area contributed by atoms with Gasteiger partial charge in [0.25, 0.3) is 5.91 Å². The average molecular weight is 750 g/mol. The fourth-order valence-electron chi connectivity index (χ4n) is 7.12. The molecule has 10 nitrogen and oxygen atoms in total. The normalized spacial score (nSPS) is 17.9. The van der Waals surface area contributed by atoms with Gasteiger partial charge in [-0.2, -0.15) is 4.39 Å². The van der Waals surface area contributed by atoms with Gasteiger partial charge in [0.05, 0.1) is 33.4 Å². The van der Waals surface area contributed by atoms with E-state index in [2.05, 4.69) is 5.32 Å². The quantitative estimate of drug-likeness (QED) is 0.104. The second-order valence-electron chi connectivity index (χ2n) is 13.8. The highest BCUT2D eigenvalue weighted by atomic mass is 19.2. The number of carbonyl (C=O) groups is 3. The molecule has 0 aromatic heterocycles. The molecule has 2 heterocycles. The third-order valence-corrected chi connectivity index (χ3v) is 10.0. The number of halogens is 3. The van der Waals surface area contributed by atoms with Gasteiger partial charge in [-0.05, 0) is 79.5 Å². The summed E-state index contributed by atoms with van der Waals surface area (Å²) < 4.78 is 62.8. The number of hydrogen-bond acceptors (Lipinski definition) is 8. The predicted molar refractivity (Wildman–Crippen MR) is 194 cm³/mol. The summed E-state index contributed by atoms with van der Waals surface area (Å²) in [6, 6.07) is 16.4. The Morgan fingerprint density at radius 2 is 1.63 bits per heavy atom. The number of benzene rings is 3. The molecule has 288 valence electrons. The first-order valence-electron chi connectivity index (χ1n) is 18.4. The lowest BCUT2D eigenvalue weighted by atomic mass is 9.82. The molecule has 2 bridgehead atoms. The zero-order valence-electron chi connectivity index (χ0n) is 30.6. The molecule has 0 radical (unpaired) electrons. The van der Waals surface area contributed by atoms with E-state index < -0.39 is 29.2 Å². The van der Waals surface area contributed by atoms with Gasteiger partial charge in [-0.15, -0.1) is 0 Å². The number of ether oxygens (including phenoxy) is 4. The molecule has 2 aliphatic heterocycles. The van der Waals surface area contributed by atoms with Gasteiger partial charge in [0.15, 0.2) is 17.4 Å². The van der Waals surface area contributed by atoms with Crippen LogP contribution in [-0.2, 0) is 25.5 Å². The molecular weight excluding hydrogens is 703 g/mol. The van der Waals surface area contributed by atoms with Crippen LogP contribution in [0.1, 0.15) is 56.1 Å². The fraction of sp³-hybridized carbons (Fsp3) is 0.439. The van der Waals surface area contributed by atoms with E-state index in [4.69, 9.17) is 18.9 Å². The number of nitrogens with zero attached hydrogens (tertiary/aromatic N) is 2. The number of amides is 2. The highest BCUT2D eigenvalue weighted by Gasteiger charge is 2.43. The van der Waals surface area contributed by atoms with E-state index in [1.807, 2.05) is 47.4 Å². The first-order chi connectivity index (χ1) is 26.1. The van der Waals surface area contributed by atoms with Crippen molar-refractivity contribution < 1.29 is 46.5 Å². The molecule has 3 aromatic rings. The summed E-state index contributed by atoms with van der Waals surface area (Å²) in [6.45, 7) is 1.47. The maximum absolute atomic E-state index is 14.7. The maximum atomic E-state index is 14.7. The van der Waals surface area contributed by atoms with E-state index in [0.29, 0.717) is 69.0 Å². The third-order valence-electron chi connectivity index (χ3n) is 10.0. The van der Waals surface area contributed by atoms with E-state index >= 15 is 0 Å². The van der Waals surface area contributed by atoms with Crippen molar-refractivity contribution in [3.63, 3.8) is 0 Å². The summed E-state index contributed by atoms with van der Waals surface area (Å²) >= 11 is 0. The van der Waals surface area contributed by atoms with E-state index in [9.17, 15) is 27.6 Å². The number of rotatable bonds is 17. The number of carbonyl (C=O) groups excluding carboxylic acids is 3. The third kappa shape index (κ3) is 9.54. The first-order valence-corrected chi connectivity index (χ1v) is 18.4. The van der Waals surface area contributed by atoms with Gasteiger partial charge in [0.2, 0.25) is 11.7 Å². The minimum atomic E-state index is -1.35. The van der Waals surface area contributed by atoms with Crippen molar-refractivity contribution in [2.45, 2.75) is 69.5 Å². The van der Waals surface area contributed by atoms with Gasteiger partial charge in [0, 0.05) is 49.7 Å². The van der Waals surface area contributed by atoms with E-state index in [1.54, 1.807) is 18.1 Å². The summed E-state index contributed by atoms with van der Waals surface area (Å²) in [6.07, 6.45) is 4.07. The van der Waals surface area contributed by atoms with Crippen LogP contribution in [0.4, 0.5) is 13.2 Å². The van der Waals surface area contributed by atoms with Crippen LogP contribution in [0.2, 0.25) is 0 Å². The second kappa shape index (κ2) is 17.9. The molecule has 2 atom stereocenters. The first kappa shape index (κ1) is 38.7. The van der Waals surface area contributed by atoms with Gasteiger partial charge in [-0.1, -0.05) is 30.3 Å². The van der Waals surface area contributed by atoms with Crippen molar-refractivity contribution in [2.75, 3.05) is 47.1 Å². The molecule has 3 aliphatic rings. The monoisotopic (exact) mass is 749 g/mol.